The Balaban J connectivity index is 1.32. The standard InChI is InChI=1S/C21H24N4S/c1-17-7-9-18(10-8-17)15-20-22-21(26-23-20)25-13-11-24(12-14-25)16-19-5-3-2-4-6-19/h2-10H,11-16H2,1H3. The summed E-state index contributed by atoms with van der Waals surface area (Å²) in [6.07, 6.45) is 0.810. The van der Waals surface area contributed by atoms with E-state index in [2.05, 4.69) is 75.7 Å². The fraction of sp³-hybridized carbons (Fsp3) is 0.333. The van der Waals surface area contributed by atoms with Gasteiger partial charge in [0.1, 0.15) is 5.82 Å². The fourth-order valence-electron chi connectivity index (χ4n) is 3.27. The molecule has 0 spiro atoms. The number of piperazine rings is 1. The van der Waals surface area contributed by atoms with Gasteiger partial charge in [-0.25, -0.2) is 4.98 Å². The molecule has 5 heteroatoms. The number of hydrogen-bond donors (Lipinski definition) is 0. The van der Waals surface area contributed by atoms with Crippen molar-refractivity contribution in [2.24, 2.45) is 0 Å². The minimum Gasteiger partial charge on any atom is -0.344 e. The third-order valence-corrected chi connectivity index (χ3v) is 5.65. The summed E-state index contributed by atoms with van der Waals surface area (Å²) in [6, 6.07) is 19.3. The van der Waals surface area contributed by atoms with Crippen LogP contribution in [0.4, 0.5) is 5.13 Å². The molecule has 1 aliphatic heterocycles. The lowest BCUT2D eigenvalue weighted by Gasteiger charge is -2.34. The summed E-state index contributed by atoms with van der Waals surface area (Å²) in [5.74, 6) is 0.931. The molecule has 0 N–H and O–H groups in total. The molecule has 0 amide bonds. The molecule has 26 heavy (non-hydrogen) atoms. The summed E-state index contributed by atoms with van der Waals surface area (Å²) in [5.41, 5.74) is 3.94. The van der Waals surface area contributed by atoms with Crippen LogP contribution in [-0.2, 0) is 13.0 Å². The van der Waals surface area contributed by atoms with Gasteiger partial charge in [-0.2, -0.15) is 4.37 Å². The normalized spacial score (nSPS) is 15.3. The second-order valence-corrected chi connectivity index (χ2v) is 7.63. The molecule has 4 nitrogen and oxygen atoms in total. The first-order valence-electron chi connectivity index (χ1n) is 9.15. The third-order valence-electron chi connectivity index (χ3n) is 4.83. The summed E-state index contributed by atoms with van der Waals surface area (Å²) in [7, 11) is 0. The number of benzene rings is 2. The lowest BCUT2D eigenvalue weighted by Crippen LogP contribution is -2.45. The molecule has 134 valence electrons. The Morgan fingerprint density at radius 3 is 2.35 bits per heavy atom. The number of hydrogen-bond acceptors (Lipinski definition) is 5. The monoisotopic (exact) mass is 364 g/mol. The van der Waals surface area contributed by atoms with Gasteiger partial charge < -0.3 is 4.90 Å². The molecule has 2 aromatic carbocycles. The Morgan fingerprint density at radius 1 is 0.885 bits per heavy atom. The molecule has 0 saturated carbocycles. The Morgan fingerprint density at radius 2 is 1.62 bits per heavy atom. The first kappa shape index (κ1) is 17.2. The molecule has 0 aliphatic carbocycles. The summed E-state index contributed by atoms with van der Waals surface area (Å²) >= 11 is 1.53. The molecule has 1 aliphatic rings. The zero-order valence-electron chi connectivity index (χ0n) is 15.1. The maximum Gasteiger partial charge on any atom is 0.205 e. The van der Waals surface area contributed by atoms with Crippen molar-refractivity contribution < 1.29 is 0 Å². The number of rotatable bonds is 5. The zero-order chi connectivity index (χ0) is 17.8. The van der Waals surface area contributed by atoms with Crippen LogP contribution in [0.3, 0.4) is 0 Å². The van der Waals surface area contributed by atoms with Gasteiger partial charge in [0.2, 0.25) is 5.13 Å². The molecule has 0 bridgehead atoms. The van der Waals surface area contributed by atoms with Gasteiger partial charge in [-0.15, -0.1) is 0 Å². The molecule has 0 unspecified atom stereocenters. The molecular weight excluding hydrogens is 340 g/mol. The van der Waals surface area contributed by atoms with Gasteiger partial charge in [0.15, 0.2) is 0 Å². The van der Waals surface area contributed by atoms with E-state index in [-0.39, 0.29) is 0 Å². The third kappa shape index (κ3) is 4.29. The van der Waals surface area contributed by atoms with E-state index in [0.717, 1.165) is 50.1 Å². The Bertz CT molecular complexity index is 821. The van der Waals surface area contributed by atoms with E-state index >= 15 is 0 Å². The second-order valence-electron chi connectivity index (χ2n) is 6.90. The zero-order valence-corrected chi connectivity index (χ0v) is 16.0. The van der Waals surface area contributed by atoms with Crippen LogP contribution in [0.1, 0.15) is 22.5 Å². The number of aromatic nitrogens is 2. The summed E-state index contributed by atoms with van der Waals surface area (Å²) in [4.78, 5) is 9.66. The van der Waals surface area contributed by atoms with Gasteiger partial charge in [0.25, 0.3) is 0 Å². The first-order valence-corrected chi connectivity index (χ1v) is 9.93. The lowest BCUT2D eigenvalue weighted by atomic mass is 10.1. The molecule has 1 fully saturated rings. The fourth-order valence-corrected chi connectivity index (χ4v) is 4.01. The van der Waals surface area contributed by atoms with Crippen molar-refractivity contribution in [2.45, 2.75) is 19.9 Å². The highest BCUT2D eigenvalue weighted by Crippen LogP contribution is 2.21. The highest BCUT2D eigenvalue weighted by Gasteiger charge is 2.20. The quantitative estimate of drug-likeness (QED) is 0.690. The van der Waals surface area contributed by atoms with E-state index in [1.54, 1.807) is 0 Å². The minimum absolute atomic E-state index is 0.810. The first-order chi connectivity index (χ1) is 12.8. The van der Waals surface area contributed by atoms with Crippen molar-refractivity contribution in [3.63, 3.8) is 0 Å². The molecule has 0 radical (unpaired) electrons. The van der Waals surface area contributed by atoms with Crippen LogP contribution in [0.2, 0.25) is 0 Å². The Hall–Kier alpha value is -2.24. The summed E-state index contributed by atoms with van der Waals surface area (Å²) < 4.78 is 4.57. The molecule has 4 rings (SSSR count). The van der Waals surface area contributed by atoms with E-state index in [4.69, 9.17) is 4.98 Å². The van der Waals surface area contributed by atoms with Crippen molar-refractivity contribution in [1.29, 1.82) is 0 Å². The maximum absolute atomic E-state index is 4.78. The van der Waals surface area contributed by atoms with Gasteiger partial charge in [0.05, 0.1) is 0 Å². The van der Waals surface area contributed by atoms with Crippen LogP contribution in [0.5, 0.6) is 0 Å². The average molecular weight is 365 g/mol. The molecular formula is C21H24N4S. The minimum atomic E-state index is 0.810. The lowest BCUT2D eigenvalue weighted by molar-refractivity contribution is 0.250. The van der Waals surface area contributed by atoms with Crippen molar-refractivity contribution in [2.75, 3.05) is 31.1 Å². The van der Waals surface area contributed by atoms with E-state index in [1.807, 2.05) is 0 Å². The topological polar surface area (TPSA) is 32.3 Å². The van der Waals surface area contributed by atoms with E-state index in [0.29, 0.717) is 0 Å². The average Bonchev–Trinajstić information content (AvgIpc) is 3.14. The molecule has 1 aromatic heterocycles. The predicted molar refractivity (Wildman–Crippen MR) is 108 cm³/mol. The van der Waals surface area contributed by atoms with Crippen molar-refractivity contribution in [3.8, 4) is 0 Å². The predicted octanol–water partition coefficient (Wildman–Crippen LogP) is 3.76. The molecule has 0 atom stereocenters. The van der Waals surface area contributed by atoms with Gasteiger partial charge in [0, 0.05) is 50.7 Å². The summed E-state index contributed by atoms with van der Waals surface area (Å²) in [5, 5.41) is 1.06. The Labute approximate surface area is 159 Å². The van der Waals surface area contributed by atoms with Crippen LogP contribution in [-0.4, -0.2) is 40.4 Å². The highest BCUT2D eigenvalue weighted by molar-refractivity contribution is 7.09. The molecule has 3 aromatic rings. The van der Waals surface area contributed by atoms with Crippen molar-refractivity contribution in [3.05, 3.63) is 77.1 Å². The van der Waals surface area contributed by atoms with Crippen molar-refractivity contribution in [1.82, 2.24) is 14.3 Å². The van der Waals surface area contributed by atoms with Crippen LogP contribution in [0, 0.1) is 6.92 Å². The highest BCUT2D eigenvalue weighted by atomic mass is 32.1. The van der Waals surface area contributed by atoms with Crippen LogP contribution in [0.15, 0.2) is 54.6 Å². The molecule has 1 saturated heterocycles. The van der Waals surface area contributed by atoms with Gasteiger partial charge in [-0.3, -0.25) is 4.90 Å². The van der Waals surface area contributed by atoms with Gasteiger partial charge in [-0.1, -0.05) is 60.2 Å². The van der Waals surface area contributed by atoms with Crippen molar-refractivity contribution >= 4 is 16.7 Å². The van der Waals surface area contributed by atoms with E-state index in [9.17, 15) is 0 Å². The Kier molecular flexibility index (Phi) is 5.27. The van der Waals surface area contributed by atoms with Gasteiger partial charge in [-0.05, 0) is 18.1 Å². The van der Waals surface area contributed by atoms with E-state index < -0.39 is 0 Å². The van der Waals surface area contributed by atoms with Crippen LogP contribution >= 0.6 is 11.5 Å². The SMILES string of the molecule is Cc1ccc(Cc2nsc(N3CCN(Cc4ccccc4)CC3)n2)cc1. The van der Waals surface area contributed by atoms with Gasteiger partial charge >= 0.3 is 0 Å². The molecule has 2 heterocycles. The largest absolute Gasteiger partial charge is 0.344 e. The second kappa shape index (κ2) is 7.98. The smallest absolute Gasteiger partial charge is 0.205 e. The van der Waals surface area contributed by atoms with Crippen LogP contribution in [0.25, 0.3) is 0 Å². The number of anilines is 1. The van der Waals surface area contributed by atoms with E-state index in [1.165, 1.54) is 28.2 Å². The number of aryl methyl sites for hydroxylation is 1. The number of nitrogens with zero attached hydrogens (tertiary/aromatic N) is 4. The van der Waals surface area contributed by atoms with Crippen LogP contribution < -0.4 is 4.90 Å². The maximum atomic E-state index is 4.78. The summed E-state index contributed by atoms with van der Waals surface area (Å²) in [6.45, 7) is 7.32.